The van der Waals surface area contributed by atoms with Crippen LogP contribution >= 0.6 is 0 Å². The number of nitriles is 3. The molecule has 4 unspecified atom stereocenters. The van der Waals surface area contributed by atoms with E-state index in [2.05, 4.69) is 18.2 Å². The molecule has 0 aromatic heterocycles. The minimum atomic E-state index is -1.92. The van der Waals surface area contributed by atoms with Crippen LogP contribution in [0.2, 0.25) is 0 Å². The van der Waals surface area contributed by atoms with Gasteiger partial charge in [0.15, 0.2) is 10.8 Å². The third kappa shape index (κ3) is 2.49. The van der Waals surface area contributed by atoms with Crippen molar-refractivity contribution in [2.24, 2.45) is 16.7 Å². The van der Waals surface area contributed by atoms with E-state index < -0.39 is 34.5 Å². The quantitative estimate of drug-likeness (QED) is 0.817. The Balaban J connectivity index is 1.92. The Labute approximate surface area is 180 Å². The predicted octanol–water partition coefficient (Wildman–Crippen LogP) is 3.68. The number of nitrogens with zero attached hydrogens (tertiary/aromatic N) is 3. The van der Waals surface area contributed by atoms with Crippen LogP contribution in [-0.4, -0.2) is 19.1 Å². The van der Waals surface area contributed by atoms with E-state index in [0.29, 0.717) is 11.3 Å². The van der Waals surface area contributed by atoms with Crippen molar-refractivity contribution in [3.05, 3.63) is 65.7 Å². The van der Waals surface area contributed by atoms with Crippen molar-refractivity contribution in [3.8, 4) is 24.0 Å². The summed E-state index contributed by atoms with van der Waals surface area (Å²) in [6, 6.07) is 22.5. The fourth-order valence-electron chi connectivity index (χ4n) is 4.81. The molecular formula is C24H20N4O3. The molecule has 0 radical (unpaired) electrons. The molecule has 154 valence electrons. The second kappa shape index (κ2) is 7.13. The number of methoxy groups -OCH3 is 1. The Bertz CT molecular complexity index is 1130. The highest BCUT2D eigenvalue weighted by atomic mass is 16.7. The molecule has 2 aromatic rings. The average molecular weight is 412 g/mol. The van der Waals surface area contributed by atoms with Gasteiger partial charge in [-0.1, -0.05) is 37.3 Å². The first-order chi connectivity index (χ1) is 14.9. The van der Waals surface area contributed by atoms with Crippen LogP contribution in [0.4, 0.5) is 0 Å². The summed E-state index contributed by atoms with van der Waals surface area (Å²) >= 11 is 0. The van der Waals surface area contributed by atoms with E-state index in [9.17, 15) is 15.8 Å². The first-order valence-electron chi connectivity index (χ1n) is 9.82. The molecule has 2 saturated heterocycles. The van der Waals surface area contributed by atoms with E-state index in [0.717, 1.165) is 5.56 Å². The average Bonchev–Trinajstić information content (AvgIpc) is 2.97. The van der Waals surface area contributed by atoms with Crippen LogP contribution in [0.3, 0.4) is 0 Å². The number of nitrogens with one attached hydrogen (secondary N) is 1. The Morgan fingerprint density at radius 2 is 1.65 bits per heavy atom. The first-order valence-corrected chi connectivity index (χ1v) is 9.82. The second-order valence-corrected chi connectivity index (χ2v) is 7.80. The third-order valence-electron chi connectivity index (χ3n) is 6.54. The molecule has 31 heavy (non-hydrogen) atoms. The molecule has 7 heteroatoms. The Morgan fingerprint density at radius 3 is 2.19 bits per heavy atom. The van der Waals surface area contributed by atoms with E-state index >= 15 is 0 Å². The summed E-state index contributed by atoms with van der Waals surface area (Å²) < 4.78 is 17.6. The van der Waals surface area contributed by atoms with Crippen LogP contribution in [0.1, 0.15) is 18.1 Å². The summed E-state index contributed by atoms with van der Waals surface area (Å²) in [7, 11) is 1.56. The predicted molar refractivity (Wildman–Crippen MR) is 109 cm³/mol. The highest BCUT2D eigenvalue weighted by Gasteiger charge is 2.79. The van der Waals surface area contributed by atoms with Crippen LogP contribution in [0.15, 0.2) is 54.6 Å². The van der Waals surface area contributed by atoms with Crippen molar-refractivity contribution < 1.29 is 14.2 Å². The van der Waals surface area contributed by atoms with Gasteiger partial charge in [-0.3, -0.25) is 5.41 Å². The molecule has 2 aliphatic rings. The summed E-state index contributed by atoms with van der Waals surface area (Å²) in [5.41, 5.74) is -2.26. The highest BCUT2D eigenvalue weighted by molar-refractivity contribution is 5.89. The highest BCUT2D eigenvalue weighted by Crippen LogP contribution is 2.65. The maximum absolute atomic E-state index is 10.3. The number of rotatable bonds is 4. The van der Waals surface area contributed by atoms with Crippen LogP contribution in [-0.2, 0) is 21.7 Å². The largest absolute Gasteiger partial charge is 0.497 e. The van der Waals surface area contributed by atoms with Crippen LogP contribution in [0.25, 0.3) is 0 Å². The fraction of sp³-hybridized carbons (Fsp3) is 0.333. The van der Waals surface area contributed by atoms with E-state index in [-0.39, 0.29) is 6.42 Å². The topological polar surface area (TPSA) is 123 Å². The van der Waals surface area contributed by atoms with E-state index in [1.165, 1.54) is 0 Å². The van der Waals surface area contributed by atoms with E-state index in [1.807, 2.05) is 30.3 Å². The molecule has 2 aliphatic heterocycles. The van der Waals surface area contributed by atoms with Gasteiger partial charge in [0.1, 0.15) is 11.9 Å². The molecule has 0 amide bonds. The van der Waals surface area contributed by atoms with Crippen molar-refractivity contribution in [1.29, 1.82) is 21.2 Å². The molecular weight excluding hydrogens is 392 g/mol. The minimum absolute atomic E-state index is 0.215. The maximum Gasteiger partial charge on any atom is 0.243 e. The van der Waals surface area contributed by atoms with Gasteiger partial charge in [0, 0.05) is 12.0 Å². The van der Waals surface area contributed by atoms with Gasteiger partial charge in [-0.15, -0.1) is 0 Å². The normalized spacial score (nSPS) is 30.4. The van der Waals surface area contributed by atoms with Gasteiger partial charge < -0.3 is 14.2 Å². The number of hydrogen-bond donors (Lipinski definition) is 1. The summed E-state index contributed by atoms with van der Waals surface area (Å²) in [6.45, 7) is 1.69. The number of fused-ring (bicyclic) bond motifs is 2. The van der Waals surface area contributed by atoms with Gasteiger partial charge in [-0.2, -0.15) is 15.8 Å². The third-order valence-corrected chi connectivity index (χ3v) is 6.54. The molecule has 1 N–H and O–H groups in total. The van der Waals surface area contributed by atoms with Crippen molar-refractivity contribution >= 4 is 5.90 Å². The van der Waals surface area contributed by atoms with Gasteiger partial charge in [-0.25, -0.2) is 0 Å². The summed E-state index contributed by atoms with van der Waals surface area (Å²) in [6.07, 6.45) is -0.780. The zero-order chi connectivity index (χ0) is 22.3. The van der Waals surface area contributed by atoms with Crippen molar-refractivity contribution in [2.45, 2.75) is 25.2 Å². The SMILES string of the molecule is COc1ccc(C23OC(=N)C(C#N)(C2C)C(C#N)(C#N)C(Cc2ccccc2)O3)cc1. The minimum Gasteiger partial charge on any atom is -0.497 e. The lowest BCUT2D eigenvalue weighted by molar-refractivity contribution is -0.284. The Morgan fingerprint density at radius 1 is 1.00 bits per heavy atom. The number of hydrogen-bond acceptors (Lipinski definition) is 7. The molecule has 2 heterocycles. The zero-order valence-electron chi connectivity index (χ0n) is 17.1. The maximum atomic E-state index is 10.3. The Kier molecular flexibility index (Phi) is 4.69. The van der Waals surface area contributed by atoms with Crippen molar-refractivity contribution in [3.63, 3.8) is 0 Å². The van der Waals surface area contributed by atoms with Crippen LogP contribution < -0.4 is 4.74 Å². The monoisotopic (exact) mass is 412 g/mol. The molecule has 2 aromatic carbocycles. The number of benzene rings is 2. The van der Waals surface area contributed by atoms with E-state index in [4.69, 9.17) is 19.6 Å². The molecule has 0 spiro atoms. The Hall–Kier alpha value is -3.86. The molecule has 4 rings (SSSR count). The molecule has 4 atom stereocenters. The smallest absolute Gasteiger partial charge is 0.243 e. The molecule has 2 bridgehead atoms. The lowest BCUT2D eigenvalue weighted by Gasteiger charge is -2.48. The van der Waals surface area contributed by atoms with Gasteiger partial charge in [-0.05, 0) is 29.8 Å². The van der Waals surface area contributed by atoms with Crippen molar-refractivity contribution in [1.82, 2.24) is 0 Å². The van der Waals surface area contributed by atoms with Crippen molar-refractivity contribution in [2.75, 3.05) is 7.11 Å². The van der Waals surface area contributed by atoms with Gasteiger partial charge in [0.25, 0.3) is 0 Å². The molecule has 7 nitrogen and oxygen atoms in total. The molecule has 0 aliphatic carbocycles. The summed E-state index contributed by atoms with van der Waals surface area (Å²) in [5, 5.41) is 39.3. The molecule has 2 fully saturated rings. The fourth-order valence-corrected chi connectivity index (χ4v) is 4.81. The summed E-state index contributed by atoms with van der Waals surface area (Å²) in [4.78, 5) is 0. The van der Waals surface area contributed by atoms with Gasteiger partial charge >= 0.3 is 0 Å². The lowest BCUT2D eigenvalue weighted by Crippen LogP contribution is -2.61. The van der Waals surface area contributed by atoms with E-state index in [1.54, 1.807) is 38.3 Å². The standard InChI is InChI=1S/C24H20N4O3/c1-16-23(15-27)21(28)31-24(16,18-8-10-19(29-2)11-9-18)30-20(22(23,13-25)14-26)12-17-6-4-3-5-7-17/h3-11,16,20,28H,12H2,1-2H3. The molecule has 0 saturated carbocycles. The van der Waals surface area contributed by atoms with Crippen LogP contribution in [0.5, 0.6) is 5.75 Å². The number of ether oxygens (including phenoxy) is 3. The van der Waals surface area contributed by atoms with Crippen LogP contribution in [0, 0.1) is 56.2 Å². The first kappa shape index (κ1) is 20.4. The van der Waals surface area contributed by atoms with Gasteiger partial charge in [0.05, 0.1) is 31.2 Å². The second-order valence-electron chi connectivity index (χ2n) is 7.80. The zero-order valence-corrected chi connectivity index (χ0v) is 17.1. The summed E-state index contributed by atoms with van der Waals surface area (Å²) in [5.74, 6) is -2.04. The van der Waals surface area contributed by atoms with Gasteiger partial charge in [0.2, 0.25) is 11.7 Å². The lowest BCUT2D eigenvalue weighted by atomic mass is 9.53.